The lowest BCUT2D eigenvalue weighted by Crippen LogP contribution is -2.16. The number of anilines is 1. The fourth-order valence-corrected chi connectivity index (χ4v) is 3.39. The van der Waals surface area contributed by atoms with Crippen LogP contribution in [0.3, 0.4) is 0 Å². The highest BCUT2D eigenvalue weighted by Gasteiger charge is 2.22. The van der Waals surface area contributed by atoms with Crippen molar-refractivity contribution in [3.8, 4) is 0 Å². The van der Waals surface area contributed by atoms with Crippen LogP contribution < -0.4 is 5.32 Å². The van der Waals surface area contributed by atoms with Crippen LogP contribution in [-0.4, -0.2) is 40.2 Å². The monoisotopic (exact) mass is 454 g/mol. The fourth-order valence-electron chi connectivity index (χ4n) is 3.26. The maximum absolute atomic E-state index is 12.5. The fraction of sp³-hybridized carbons (Fsp3) is 0.200. The highest BCUT2D eigenvalue weighted by Crippen LogP contribution is 2.21. The zero-order valence-corrected chi connectivity index (χ0v) is 18.0. The number of carbonyl (C=O) groups excluding carboxylic acids is 1. The first-order chi connectivity index (χ1) is 15.3. The molecule has 0 unspecified atom stereocenters. The van der Waals surface area contributed by atoms with Gasteiger partial charge in [0.25, 0.3) is 5.91 Å². The summed E-state index contributed by atoms with van der Waals surface area (Å²) in [6, 6.07) is 10.7. The number of carbonyl (C=O) groups is 1. The number of rotatable bonds is 7. The Morgan fingerprint density at radius 2 is 1.78 bits per heavy atom. The summed E-state index contributed by atoms with van der Waals surface area (Å²) in [5, 5.41) is 27.3. The van der Waals surface area contributed by atoms with Crippen molar-refractivity contribution < 1.29 is 9.72 Å². The Hall–Kier alpha value is -3.99. The van der Waals surface area contributed by atoms with E-state index in [0.29, 0.717) is 28.8 Å². The summed E-state index contributed by atoms with van der Waals surface area (Å²) in [7, 11) is 0. The van der Waals surface area contributed by atoms with Gasteiger partial charge in [0.1, 0.15) is 18.1 Å². The quantitative estimate of drug-likeness (QED) is 0.337. The van der Waals surface area contributed by atoms with E-state index in [4.69, 9.17) is 11.6 Å². The molecule has 1 amide bonds. The first kappa shape index (κ1) is 21.2. The largest absolute Gasteiger partial charge is 0.312 e. The van der Waals surface area contributed by atoms with E-state index < -0.39 is 10.8 Å². The normalized spacial score (nSPS) is 11.0. The summed E-state index contributed by atoms with van der Waals surface area (Å²) in [5.74, 6) is -0.0208. The number of nitro groups is 1. The van der Waals surface area contributed by atoms with E-state index in [0.717, 1.165) is 5.56 Å². The predicted octanol–water partition coefficient (Wildman–Crippen LogP) is 3.26. The average Bonchev–Trinajstić information content (AvgIpc) is 3.44. The molecule has 0 aliphatic carbocycles. The van der Waals surface area contributed by atoms with Crippen molar-refractivity contribution in [1.29, 1.82) is 0 Å². The van der Waals surface area contributed by atoms with E-state index in [1.807, 2.05) is 24.3 Å². The van der Waals surface area contributed by atoms with Crippen LogP contribution in [0, 0.1) is 24.0 Å². The Kier molecular flexibility index (Phi) is 5.73. The summed E-state index contributed by atoms with van der Waals surface area (Å²) in [5.41, 5.74) is 1.93. The second-order valence-corrected chi connectivity index (χ2v) is 7.57. The predicted molar refractivity (Wildman–Crippen MR) is 117 cm³/mol. The van der Waals surface area contributed by atoms with E-state index in [1.165, 1.54) is 9.36 Å². The van der Waals surface area contributed by atoms with Crippen LogP contribution in [0.15, 0.2) is 48.8 Å². The Bertz CT molecular complexity index is 1290. The lowest BCUT2D eigenvalue weighted by Gasteiger charge is -2.04. The van der Waals surface area contributed by atoms with Crippen molar-refractivity contribution in [2.24, 2.45) is 0 Å². The molecule has 0 atom stereocenters. The smallest absolute Gasteiger partial charge is 0.304 e. The minimum atomic E-state index is -0.456. The Morgan fingerprint density at radius 3 is 2.47 bits per heavy atom. The molecule has 0 fully saturated rings. The summed E-state index contributed by atoms with van der Waals surface area (Å²) in [6.45, 7) is 3.88. The minimum absolute atomic E-state index is 0.0238. The van der Waals surface area contributed by atoms with Gasteiger partial charge in [-0.3, -0.25) is 24.3 Å². The van der Waals surface area contributed by atoms with Gasteiger partial charge in [0.15, 0.2) is 11.5 Å². The van der Waals surface area contributed by atoms with Gasteiger partial charge in [-0.1, -0.05) is 23.7 Å². The van der Waals surface area contributed by atoms with Crippen LogP contribution >= 0.6 is 11.6 Å². The highest BCUT2D eigenvalue weighted by molar-refractivity contribution is 6.30. The Balaban J connectivity index is 1.40. The van der Waals surface area contributed by atoms with Crippen LogP contribution in [0.5, 0.6) is 0 Å². The number of aromatic nitrogens is 6. The second kappa shape index (κ2) is 8.63. The molecule has 1 aromatic carbocycles. The third kappa shape index (κ3) is 4.52. The molecular formula is C20H19ClN8O3. The van der Waals surface area contributed by atoms with E-state index in [1.54, 1.807) is 43.1 Å². The van der Waals surface area contributed by atoms with Gasteiger partial charge in [0.05, 0.1) is 11.5 Å². The molecule has 164 valence electrons. The van der Waals surface area contributed by atoms with Gasteiger partial charge in [-0.2, -0.15) is 15.3 Å². The minimum Gasteiger partial charge on any atom is -0.304 e. The van der Waals surface area contributed by atoms with Gasteiger partial charge in [-0.05, 0) is 37.6 Å². The molecule has 0 saturated heterocycles. The van der Waals surface area contributed by atoms with Crippen LogP contribution in [0.1, 0.15) is 27.4 Å². The van der Waals surface area contributed by atoms with Crippen LogP contribution in [0.4, 0.5) is 11.5 Å². The van der Waals surface area contributed by atoms with Crippen molar-refractivity contribution in [2.75, 3.05) is 5.32 Å². The molecule has 0 radical (unpaired) electrons. The SMILES string of the molecule is Cc1nn(Cn2ccc(C(=O)Nc3ccn(Cc4ccc(Cl)cc4)n3)n2)c(C)c1[N+](=O)[O-]. The van der Waals surface area contributed by atoms with E-state index >= 15 is 0 Å². The Labute approximate surface area is 187 Å². The van der Waals surface area contributed by atoms with E-state index in [9.17, 15) is 14.9 Å². The molecule has 12 heteroatoms. The van der Waals surface area contributed by atoms with Crippen molar-refractivity contribution in [3.05, 3.63) is 86.6 Å². The zero-order chi connectivity index (χ0) is 22.8. The summed E-state index contributed by atoms with van der Waals surface area (Å²) in [6.07, 6.45) is 3.37. The van der Waals surface area contributed by atoms with Gasteiger partial charge in [-0.25, -0.2) is 4.68 Å². The molecule has 4 rings (SSSR count). The molecule has 0 aliphatic heterocycles. The highest BCUT2D eigenvalue weighted by atomic mass is 35.5. The molecule has 0 bridgehead atoms. The number of hydrogen-bond donors (Lipinski definition) is 1. The second-order valence-electron chi connectivity index (χ2n) is 7.14. The van der Waals surface area contributed by atoms with Crippen molar-refractivity contribution in [2.45, 2.75) is 27.1 Å². The maximum Gasteiger partial charge on any atom is 0.312 e. The molecule has 11 nitrogen and oxygen atoms in total. The van der Waals surface area contributed by atoms with Crippen LogP contribution in [-0.2, 0) is 13.2 Å². The van der Waals surface area contributed by atoms with Gasteiger partial charge in [-0.15, -0.1) is 0 Å². The van der Waals surface area contributed by atoms with Gasteiger partial charge >= 0.3 is 5.69 Å². The van der Waals surface area contributed by atoms with Crippen LogP contribution in [0.2, 0.25) is 5.02 Å². The number of hydrogen-bond acceptors (Lipinski definition) is 6. The van der Waals surface area contributed by atoms with Crippen molar-refractivity contribution in [3.63, 3.8) is 0 Å². The third-order valence-electron chi connectivity index (χ3n) is 4.82. The number of amides is 1. The molecule has 32 heavy (non-hydrogen) atoms. The van der Waals surface area contributed by atoms with Crippen molar-refractivity contribution >= 4 is 29.0 Å². The Morgan fingerprint density at radius 1 is 1.06 bits per heavy atom. The lowest BCUT2D eigenvalue weighted by atomic mass is 10.2. The van der Waals surface area contributed by atoms with Gasteiger partial charge in [0.2, 0.25) is 0 Å². The van der Waals surface area contributed by atoms with Gasteiger partial charge < -0.3 is 5.32 Å². The number of nitrogens with zero attached hydrogens (tertiary/aromatic N) is 7. The molecule has 3 aromatic heterocycles. The number of halogens is 1. The molecule has 0 aliphatic rings. The molecule has 4 aromatic rings. The number of benzene rings is 1. The maximum atomic E-state index is 12.5. The number of aryl methyl sites for hydroxylation is 1. The van der Waals surface area contributed by atoms with E-state index in [-0.39, 0.29) is 18.1 Å². The number of nitrogens with one attached hydrogen (secondary N) is 1. The van der Waals surface area contributed by atoms with E-state index in [2.05, 4.69) is 20.6 Å². The molecule has 0 saturated carbocycles. The topological polar surface area (TPSA) is 126 Å². The standard InChI is InChI=1S/C20H19ClN8O3/c1-13-19(29(31)32)14(2)28(23-13)12-27-9-7-17(24-27)20(30)22-18-8-10-26(25-18)11-15-3-5-16(21)6-4-15/h3-10H,11-12H2,1-2H3,(H,22,25,30). The van der Waals surface area contributed by atoms with Crippen LogP contribution in [0.25, 0.3) is 0 Å². The zero-order valence-electron chi connectivity index (χ0n) is 17.3. The molecule has 3 heterocycles. The molecule has 0 spiro atoms. The average molecular weight is 455 g/mol. The first-order valence-corrected chi connectivity index (χ1v) is 9.99. The summed E-state index contributed by atoms with van der Waals surface area (Å²) >= 11 is 5.90. The lowest BCUT2D eigenvalue weighted by molar-refractivity contribution is -0.386. The first-order valence-electron chi connectivity index (χ1n) is 9.61. The molecule has 1 N–H and O–H groups in total. The molecular weight excluding hydrogens is 436 g/mol. The van der Waals surface area contributed by atoms with Gasteiger partial charge in [0, 0.05) is 23.5 Å². The third-order valence-corrected chi connectivity index (χ3v) is 5.07. The summed E-state index contributed by atoms with van der Waals surface area (Å²) < 4.78 is 4.66. The summed E-state index contributed by atoms with van der Waals surface area (Å²) in [4.78, 5) is 23.2. The van der Waals surface area contributed by atoms with Crippen molar-refractivity contribution in [1.82, 2.24) is 29.3 Å².